The number of furan rings is 1. The molecule has 2 aromatic carbocycles. The van der Waals surface area contributed by atoms with E-state index < -0.39 is 11.9 Å². The summed E-state index contributed by atoms with van der Waals surface area (Å²) in [5.74, 6) is -0.502. The van der Waals surface area contributed by atoms with Gasteiger partial charge in [-0.15, -0.1) is 0 Å². The summed E-state index contributed by atoms with van der Waals surface area (Å²) in [4.78, 5) is 32.8. The molecule has 0 aliphatic heterocycles. The monoisotopic (exact) mass is 420 g/mol. The van der Waals surface area contributed by atoms with Gasteiger partial charge in [0.1, 0.15) is 17.7 Å². The second-order valence-corrected chi connectivity index (χ2v) is 7.49. The van der Waals surface area contributed by atoms with Crippen molar-refractivity contribution in [3.63, 3.8) is 0 Å². The first-order chi connectivity index (χ1) is 14.9. The Morgan fingerprint density at radius 2 is 1.87 bits per heavy atom. The van der Waals surface area contributed by atoms with Crippen molar-refractivity contribution in [1.29, 1.82) is 0 Å². The lowest BCUT2D eigenvalue weighted by atomic mass is 10.0. The molecule has 0 aliphatic rings. The predicted molar refractivity (Wildman–Crippen MR) is 115 cm³/mol. The molecule has 4 rings (SSSR count). The second-order valence-electron chi connectivity index (χ2n) is 7.49. The van der Waals surface area contributed by atoms with Crippen LogP contribution in [-0.2, 0) is 4.79 Å². The van der Waals surface area contributed by atoms with E-state index in [4.69, 9.17) is 4.42 Å². The highest BCUT2D eigenvalue weighted by Crippen LogP contribution is 2.23. The lowest BCUT2D eigenvalue weighted by Gasteiger charge is -2.21. The number of H-pyrrole nitrogens is 1. The minimum atomic E-state index is -0.746. The number of aromatic amines is 1. The molecular formula is C23H21FN4O3. The highest BCUT2D eigenvalue weighted by molar-refractivity contribution is 6.01. The van der Waals surface area contributed by atoms with Crippen LogP contribution in [0.1, 0.15) is 24.4 Å². The van der Waals surface area contributed by atoms with Crippen LogP contribution in [0.5, 0.6) is 0 Å². The Morgan fingerprint density at radius 1 is 1.10 bits per heavy atom. The van der Waals surface area contributed by atoms with Crippen LogP contribution in [0.25, 0.3) is 22.4 Å². The third-order valence-electron chi connectivity index (χ3n) is 4.85. The summed E-state index contributed by atoms with van der Waals surface area (Å²) in [6, 6.07) is 13.7. The van der Waals surface area contributed by atoms with Crippen LogP contribution >= 0.6 is 0 Å². The molecule has 8 heteroatoms. The van der Waals surface area contributed by atoms with Crippen LogP contribution in [-0.4, -0.2) is 27.8 Å². The highest BCUT2D eigenvalue weighted by atomic mass is 19.1. The van der Waals surface area contributed by atoms with Crippen LogP contribution in [0, 0.1) is 11.7 Å². The van der Waals surface area contributed by atoms with E-state index in [-0.39, 0.29) is 23.4 Å². The number of carbonyl (C=O) groups excluding carboxylic acids is 2. The quantitative estimate of drug-likeness (QED) is 0.432. The minimum absolute atomic E-state index is 0.139. The van der Waals surface area contributed by atoms with Crippen molar-refractivity contribution in [3.8, 4) is 11.4 Å². The molecule has 0 bridgehead atoms. The molecule has 158 valence electrons. The van der Waals surface area contributed by atoms with Gasteiger partial charge in [0.15, 0.2) is 5.76 Å². The highest BCUT2D eigenvalue weighted by Gasteiger charge is 2.25. The van der Waals surface area contributed by atoms with E-state index in [0.29, 0.717) is 17.0 Å². The maximum atomic E-state index is 13.2. The van der Waals surface area contributed by atoms with Crippen LogP contribution < -0.4 is 10.6 Å². The smallest absolute Gasteiger partial charge is 0.287 e. The third kappa shape index (κ3) is 4.48. The zero-order valence-electron chi connectivity index (χ0n) is 17.0. The van der Waals surface area contributed by atoms with Crippen LogP contribution in [0.15, 0.2) is 65.3 Å². The standard InChI is InChI=1S/C23H21FN4O3/c1-13(2)20(28-22(29)19-4-3-11-31-19)23(30)25-16-9-10-17-18(12-16)27-21(26-17)14-5-7-15(24)8-6-14/h3-13,20H,1-2H3,(H,25,30)(H,26,27)(H,28,29). The Kier molecular flexibility index (Phi) is 5.53. The molecule has 7 nitrogen and oxygen atoms in total. The molecule has 0 spiro atoms. The fourth-order valence-electron chi connectivity index (χ4n) is 3.21. The minimum Gasteiger partial charge on any atom is -0.459 e. The first-order valence-corrected chi connectivity index (χ1v) is 9.81. The second kappa shape index (κ2) is 8.43. The Bertz CT molecular complexity index is 1210. The topological polar surface area (TPSA) is 100 Å². The van der Waals surface area contributed by atoms with Crippen molar-refractivity contribution in [3.05, 3.63) is 72.4 Å². The van der Waals surface area contributed by atoms with Gasteiger partial charge in [0.05, 0.1) is 17.3 Å². The van der Waals surface area contributed by atoms with Crippen molar-refractivity contribution >= 4 is 28.5 Å². The summed E-state index contributed by atoms with van der Waals surface area (Å²) in [5, 5.41) is 5.55. The van der Waals surface area contributed by atoms with E-state index in [1.807, 2.05) is 13.8 Å². The number of nitrogens with zero attached hydrogens (tertiary/aromatic N) is 1. The van der Waals surface area contributed by atoms with Crippen molar-refractivity contribution in [2.75, 3.05) is 5.32 Å². The number of hydrogen-bond donors (Lipinski definition) is 3. The van der Waals surface area contributed by atoms with Crippen molar-refractivity contribution < 1.29 is 18.4 Å². The van der Waals surface area contributed by atoms with Crippen molar-refractivity contribution in [2.24, 2.45) is 5.92 Å². The molecule has 2 amide bonds. The molecule has 0 saturated carbocycles. The summed E-state index contributed by atoms with van der Waals surface area (Å²) in [6.07, 6.45) is 1.40. The molecule has 3 N–H and O–H groups in total. The average molecular weight is 420 g/mol. The van der Waals surface area contributed by atoms with Crippen LogP contribution in [0.3, 0.4) is 0 Å². The summed E-state index contributed by atoms with van der Waals surface area (Å²) in [5.41, 5.74) is 2.75. The van der Waals surface area contributed by atoms with Gasteiger partial charge >= 0.3 is 0 Å². The number of hydrogen-bond acceptors (Lipinski definition) is 4. The predicted octanol–water partition coefficient (Wildman–Crippen LogP) is 4.36. The van der Waals surface area contributed by atoms with E-state index in [9.17, 15) is 14.0 Å². The third-order valence-corrected chi connectivity index (χ3v) is 4.85. The number of nitrogens with one attached hydrogen (secondary N) is 3. The average Bonchev–Trinajstić information content (AvgIpc) is 3.41. The Balaban J connectivity index is 1.51. The molecule has 2 heterocycles. The van der Waals surface area contributed by atoms with E-state index in [1.165, 1.54) is 24.5 Å². The molecule has 0 saturated heterocycles. The molecular weight excluding hydrogens is 399 g/mol. The van der Waals surface area contributed by atoms with Gasteiger partial charge in [-0.25, -0.2) is 9.37 Å². The largest absolute Gasteiger partial charge is 0.459 e. The summed E-state index contributed by atoms with van der Waals surface area (Å²) in [7, 11) is 0. The molecule has 1 unspecified atom stereocenters. The number of aromatic nitrogens is 2. The molecule has 0 fully saturated rings. The van der Waals surface area contributed by atoms with Gasteiger partial charge in [0.2, 0.25) is 5.91 Å². The van der Waals surface area contributed by atoms with Gasteiger partial charge < -0.3 is 20.0 Å². The van der Waals surface area contributed by atoms with Crippen molar-refractivity contribution in [1.82, 2.24) is 15.3 Å². The van der Waals surface area contributed by atoms with Gasteiger partial charge in [-0.05, 0) is 60.5 Å². The number of amides is 2. The normalized spacial score (nSPS) is 12.1. The molecule has 0 radical (unpaired) electrons. The Morgan fingerprint density at radius 3 is 2.55 bits per heavy atom. The molecule has 31 heavy (non-hydrogen) atoms. The number of halogens is 1. The number of benzene rings is 2. The zero-order valence-corrected chi connectivity index (χ0v) is 17.0. The molecule has 0 aliphatic carbocycles. The van der Waals surface area contributed by atoms with E-state index in [1.54, 1.807) is 36.4 Å². The maximum Gasteiger partial charge on any atom is 0.287 e. The number of anilines is 1. The SMILES string of the molecule is CC(C)C(NC(=O)c1ccco1)C(=O)Nc1ccc2nc(-c3ccc(F)cc3)[nH]c2c1. The lowest BCUT2D eigenvalue weighted by Crippen LogP contribution is -2.47. The molecule has 4 aromatic rings. The number of rotatable bonds is 6. The van der Waals surface area contributed by atoms with Crippen molar-refractivity contribution in [2.45, 2.75) is 19.9 Å². The fourth-order valence-corrected chi connectivity index (χ4v) is 3.21. The summed E-state index contributed by atoms with van der Waals surface area (Å²) >= 11 is 0. The van der Waals surface area contributed by atoms with Gasteiger partial charge in [-0.3, -0.25) is 9.59 Å². The molecule has 1 atom stereocenters. The lowest BCUT2D eigenvalue weighted by molar-refractivity contribution is -0.118. The fraction of sp³-hybridized carbons (Fsp3) is 0.174. The number of imidazole rings is 1. The van der Waals surface area contributed by atoms with E-state index in [2.05, 4.69) is 20.6 Å². The maximum absolute atomic E-state index is 13.2. The molecule has 2 aromatic heterocycles. The number of fused-ring (bicyclic) bond motifs is 1. The van der Waals surface area contributed by atoms with Gasteiger partial charge in [0, 0.05) is 11.3 Å². The van der Waals surface area contributed by atoms with Crippen LogP contribution in [0.4, 0.5) is 10.1 Å². The number of carbonyl (C=O) groups is 2. The van der Waals surface area contributed by atoms with Gasteiger partial charge in [0.25, 0.3) is 5.91 Å². The summed E-state index contributed by atoms with van der Waals surface area (Å²) in [6.45, 7) is 3.69. The van der Waals surface area contributed by atoms with Gasteiger partial charge in [-0.2, -0.15) is 0 Å². The van der Waals surface area contributed by atoms with E-state index >= 15 is 0 Å². The zero-order chi connectivity index (χ0) is 22.0. The first-order valence-electron chi connectivity index (χ1n) is 9.81. The Hall–Kier alpha value is -3.94. The first kappa shape index (κ1) is 20.3. The van der Waals surface area contributed by atoms with Crippen LogP contribution in [0.2, 0.25) is 0 Å². The Labute approximate surface area is 177 Å². The summed E-state index contributed by atoms with van der Waals surface area (Å²) < 4.78 is 18.3. The van der Waals surface area contributed by atoms with E-state index in [0.717, 1.165) is 11.1 Å². The van der Waals surface area contributed by atoms with Gasteiger partial charge in [-0.1, -0.05) is 13.8 Å².